The van der Waals surface area contributed by atoms with Gasteiger partial charge in [0.05, 0.1) is 17.1 Å². The fourth-order valence-corrected chi connectivity index (χ4v) is 2.41. The predicted molar refractivity (Wildman–Crippen MR) is 70.8 cm³/mol. The van der Waals surface area contributed by atoms with Gasteiger partial charge in [-0.25, -0.2) is 0 Å². The molecule has 100 valence electrons. The number of aromatic nitrogens is 4. The van der Waals surface area contributed by atoms with Crippen LogP contribution >= 0.6 is 0 Å². The molecule has 0 spiro atoms. The van der Waals surface area contributed by atoms with Gasteiger partial charge in [-0.1, -0.05) is 5.16 Å². The van der Waals surface area contributed by atoms with E-state index in [9.17, 15) is 5.11 Å². The van der Waals surface area contributed by atoms with Gasteiger partial charge in [-0.05, 0) is 31.0 Å². The lowest BCUT2D eigenvalue weighted by Crippen LogP contribution is -2.26. The van der Waals surface area contributed by atoms with Gasteiger partial charge in [0.1, 0.15) is 0 Å². The van der Waals surface area contributed by atoms with E-state index in [1.54, 1.807) is 12.4 Å². The lowest BCUT2D eigenvalue weighted by molar-refractivity contribution is 0.0625. The average Bonchev–Trinajstić information content (AvgIpc) is 2.93. The average molecular weight is 268 g/mol. The van der Waals surface area contributed by atoms with Crippen molar-refractivity contribution in [1.29, 1.82) is 0 Å². The smallest absolute Gasteiger partial charge is 0.230 e. The van der Waals surface area contributed by atoms with Gasteiger partial charge in [0.15, 0.2) is 0 Å². The summed E-state index contributed by atoms with van der Waals surface area (Å²) in [6.07, 6.45) is 4.49. The molecule has 3 aromatic rings. The van der Waals surface area contributed by atoms with E-state index in [0.717, 1.165) is 16.6 Å². The largest absolute Gasteiger partial charge is 0.393 e. The van der Waals surface area contributed by atoms with E-state index in [-0.39, 0.29) is 12.0 Å². The molecule has 2 heterocycles. The number of rotatable bonds is 2. The zero-order chi connectivity index (χ0) is 13.5. The highest BCUT2D eigenvalue weighted by Gasteiger charge is 2.33. The van der Waals surface area contributed by atoms with Crippen LogP contribution in [0.4, 0.5) is 0 Å². The Hall–Kier alpha value is -2.34. The Morgan fingerprint density at radius 3 is 2.70 bits per heavy atom. The quantitative estimate of drug-likeness (QED) is 0.764. The van der Waals surface area contributed by atoms with E-state index in [0.29, 0.717) is 24.6 Å². The van der Waals surface area contributed by atoms with Crippen LogP contribution in [0.15, 0.2) is 35.1 Å². The molecule has 4 rings (SSSR count). The number of aliphatic hydroxyl groups is 1. The summed E-state index contributed by atoms with van der Waals surface area (Å²) in [6.45, 7) is 0. The number of benzene rings is 1. The van der Waals surface area contributed by atoms with Crippen LogP contribution in [0.3, 0.4) is 0 Å². The van der Waals surface area contributed by atoms with Crippen molar-refractivity contribution in [3.8, 4) is 11.4 Å². The topological polar surface area (TPSA) is 84.9 Å². The van der Waals surface area contributed by atoms with E-state index in [1.807, 2.05) is 18.2 Å². The summed E-state index contributed by atoms with van der Waals surface area (Å²) < 4.78 is 5.28. The minimum absolute atomic E-state index is 0.187. The number of nitrogens with zero attached hydrogens (tertiary/aromatic N) is 4. The Bertz CT molecular complexity index is 764. The summed E-state index contributed by atoms with van der Waals surface area (Å²) in [5.74, 6) is 1.34. The molecule has 0 amide bonds. The van der Waals surface area contributed by atoms with Crippen LogP contribution < -0.4 is 0 Å². The van der Waals surface area contributed by atoms with E-state index in [1.165, 1.54) is 0 Å². The van der Waals surface area contributed by atoms with E-state index >= 15 is 0 Å². The molecular formula is C14H12N4O2. The van der Waals surface area contributed by atoms with Crippen molar-refractivity contribution in [3.63, 3.8) is 0 Å². The van der Waals surface area contributed by atoms with Crippen molar-refractivity contribution < 1.29 is 9.63 Å². The Morgan fingerprint density at radius 2 is 1.90 bits per heavy atom. The van der Waals surface area contributed by atoms with Crippen LogP contribution in [-0.2, 0) is 0 Å². The molecule has 20 heavy (non-hydrogen) atoms. The van der Waals surface area contributed by atoms with Gasteiger partial charge in [0.2, 0.25) is 11.7 Å². The molecule has 2 aromatic heterocycles. The molecule has 0 unspecified atom stereocenters. The molecule has 6 heteroatoms. The summed E-state index contributed by atoms with van der Waals surface area (Å²) in [5.41, 5.74) is 2.49. The van der Waals surface area contributed by atoms with Crippen molar-refractivity contribution >= 4 is 11.0 Å². The maximum atomic E-state index is 9.32. The van der Waals surface area contributed by atoms with Gasteiger partial charge in [0, 0.05) is 23.9 Å². The van der Waals surface area contributed by atoms with Crippen LogP contribution in [0.2, 0.25) is 0 Å². The Morgan fingerprint density at radius 1 is 1.10 bits per heavy atom. The summed E-state index contributed by atoms with van der Waals surface area (Å²) >= 11 is 0. The Labute approximate surface area is 114 Å². The summed E-state index contributed by atoms with van der Waals surface area (Å²) in [7, 11) is 0. The Balaban J connectivity index is 1.68. The van der Waals surface area contributed by atoms with Gasteiger partial charge in [-0.3, -0.25) is 9.97 Å². The third-order valence-corrected chi connectivity index (χ3v) is 3.63. The molecule has 1 fully saturated rings. The molecule has 1 N–H and O–H groups in total. The zero-order valence-corrected chi connectivity index (χ0v) is 10.6. The number of hydrogen-bond donors (Lipinski definition) is 1. The van der Waals surface area contributed by atoms with Gasteiger partial charge in [-0.15, -0.1) is 0 Å². The minimum atomic E-state index is -0.230. The highest BCUT2D eigenvalue weighted by atomic mass is 16.5. The molecular weight excluding hydrogens is 256 g/mol. The van der Waals surface area contributed by atoms with Crippen LogP contribution in [0, 0.1) is 0 Å². The maximum absolute atomic E-state index is 9.32. The molecule has 0 atom stereocenters. The minimum Gasteiger partial charge on any atom is -0.393 e. The van der Waals surface area contributed by atoms with Gasteiger partial charge in [-0.2, -0.15) is 4.98 Å². The lowest BCUT2D eigenvalue weighted by Gasteiger charge is -2.27. The first-order chi connectivity index (χ1) is 9.79. The van der Waals surface area contributed by atoms with Gasteiger partial charge >= 0.3 is 0 Å². The van der Waals surface area contributed by atoms with E-state index < -0.39 is 0 Å². The SMILES string of the molecule is OC1CC(c2nc(-c3ccc4nccnc4c3)no2)C1. The van der Waals surface area contributed by atoms with Crippen LogP contribution in [-0.4, -0.2) is 31.3 Å². The summed E-state index contributed by atoms with van der Waals surface area (Å²) in [6, 6.07) is 5.69. The van der Waals surface area contributed by atoms with Crippen molar-refractivity contribution in [2.24, 2.45) is 0 Å². The second-order valence-electron chi connectivity index (χ2n) is 5.04. The zero-order valence-electron chi connectivity index (χ0n) is 10.6. The monoisotopic (exact) mass is 268 g/mol. The molecule has 6 nitrogen and oxygen atoms in total. The highest BCUT2D eigenvalue weighted by molar-refractivity contribution is 5.79. The second kappa shape index (κ2) is 4.35. The molecule has 1 aliphatic rings. The van der Waals surface area contributed by atoms with Gasteiger partial charge < -0.3 is 9.63 Å². The fraction of sp³-hybridized carbons (Fsp3) is 0.286. The molecule has 0 bridgehead atoms. The summed E-state index contributed by atoms with van der Waals surface area (Å²) in [5, 5.41) is 13.3. The molecule has 0 saturated heterocycles. The van der Waals surface area contributed by atoms with Crippen molar-refractivity contribution in [3.05, 3.63) is 36.5 Å². The molecule has 1 aromatic carbocycles. The normalized spacial score (nSPS) is 21.9. The standard InChI is InChI=1S/C14H12N4O2/c19-10-5-9(6-10)14-17-13(18-20-14)8-1-2-11-12(7-8)16-4-3-15-11/h1-4,7,9-10,19H,5-6H2. The van der Waals surface area contributed by atoms with Crippen molar-refractivity contribution in [1.82, 2.24) is 20.1 Å². The van der Waals surface area contributed by atoms with E-state index in [4.69, 9.17) is 4.52 Å². The maximum Gasteiger partial charge on any atom is 0.230 e. The second-order valence-corrected chi connectivity index (χ2v) is 5.04. The lowest BCUT2D eigenvalue weighted by atomic mass is 9.82. The van der Waals surface area contributed by atoms with Crippen LogP contribution in [0.1, 0.15) is 24.7 Å². The number of fused-ring (bicyclic) bond motifs is 1. The Kier molecular flexibility index (Phi) is 2.50. The molecule has 1 aliphatic carbocycles. The van der Waals surface area contributed by atoms with Crippen molar-refractivity contribution in [2.45, 2.75) is 24.9 Å². The number of hydrogen-bond acceptors (Lipinski definition) is 6. The first-order valence-electron chi connectivity index (χ1n) is 6.52. The predicted octanol–water partition coefficient (Wildman–Crippen LogP) is 1.92. The van der Waals surface area contributed by atoms with E-state index in [2.05, 4.69) is 20.1 Å². The highest BCUT2D eigenvalue weighted by Crippen LogP contribution is 2.36. The third kappa shape index (κ3) is 1.85. The third-order valence-electron chi connectivity index (χ3n) is 3.63. The molecule has 0 aliphatic heterocycles. The van der Waals surface area contributed by atoms with Gasteiger partial charge in [0.25, 0.3) is 0 Å². The van der Waals surface area contributed by atoms with Crippen LogP contribution in [0.25, 0.3) is 22.4 Å². The fourth-order valence-electron chi connectivity index (χ4n) is 2.41. The number of aliphatic hydroxyl groups excluding tert-OH is 1. The summed E-state index contributed by atoms with van der Waals surface area (Å²) in [4.78, 5) is 12.9. The molecule has 0 radical (unpaired) electrons. The van der Waals surface area contributed by atoms with Crippen LogP contribution in [0.5, 0.6) is 0 Å². The van der Waals surface area contributed by atoms with Crippen molar-refractivity contribution in [2.75, 3.05) is 0 Å². The first kappa shape index (κ1) is 11.5. The first-order valence-corrected chi connectivity index (χ1v) is 6.52. The molecule has 1 saturated carbocycles.